The highest BCUT2D eigenvalue weighted by molar-refractivity contribution is 6.33. The van der Waals surface area contributed by atoms with Crippen molar-refractivity contribution in [2.24, 2.45) is 11.8 Å². The van der Waals surface area contributed by atoms with E-state index in [1.165, 1.54) is 12.5 Å². The summed E-state index contributed by atoms with van der Waals surface area (Å²) >= 11 is 6.02. The smallest absolute Gasteiger partial charge is 0.147 e. The standard InChI is InChI=1S/C14H19ClFN/c1-9-6-10(2)8-11(7-9)17-14-12(15)4-3-5-13(14)16/h3-5,9-11,17H,6-8H2,1-2H3. The molecular weight excluding hydrogens is 237 g/mol. The molecule has 0 aromatic heterocycles. The summed E-state index contributed by atoms with van der Waals surface area (Å²) in [6.45, 7) is 4.51. The van der Waals surface area contributed by atoms with Gasteiger partial charge in [0.2, 0.25) is 0 Å². The van der Waals surface area contributed by atoms with Gasteiger partial charge in [-0.1, -0.05) is 31.5 Å². The molecule has 3 heteroatoms. The monoisotopic (exact) mass is 255 g/mol. The molecule has 1 aromatic carbocycles. The number of hydrogen-bond donors (Lipinski definition) is 1. The zero-order chi connectivity index (χ0) is 12.4. The van der Waals surface area contributed by atoms with E-state index in [0.29, 0.717) is 28.6 Å². The van der Waals surface area contributed by atoms with E-state index in [1.807, 2.05) is 0 Å². The molecule has 17 heavy (non-hydrogen) atoms. The van der Waals surface area contributed by atoms with E-state index in [0.717, 1.165) is 12.8 Å². The predicted molar refractivity (Wildman–Crippen MR) is 71.0 cm³/mol. The average Bonchev–Trinajstić information content (AvgIpc) is 2.22. The van der Waals surface area contributed by atoms with Crippen LogP contribution in [0.5, 0.6) is 0 Å². The lowest BCUT2D eigenvalue weighted by Gasteiger charge is -2.32. The molecule has 2 rings (SSSR count). The van der Waals surface area contributed by atoms with Gasteiger partial charge in [0, 0.05) is 6.04 Å². The van der Waals surface area contributed by atoms with Crippen LogP contribution in [0.3, 0.4) is 0 Å². The molecule has 0 aliphatic heterocycles. The fourth-order valence-corrected chi connectivity index (χ4v) is 3.12. The van der Waals surface area contributed by atoms with Crippen molar-refractivity contribution in [3.05, 3.63) is 29.0 Å². The fourth-order valence-electron chi connectivity index (χ4n) is 2.90. The first-order valence-electron chi connectivity index (χ1n) is 6.26. The molecule has 1 N–H and O–H groups in total. The highest BCUT2D eigenvalue weighted by Gasteiger charge is 2.24. The number of nitrogens with one attached hydrogen (secondary N) is 1. The van der Waals surface area contributed by atoms with Crippen LogP contribution in [-0.4, -0.2) is 6.04 Å². The van der Waals surface area contributed by atoms with Crippen LogP contribution < -0.4 is 5.32 Å². The molecular formula is C14H19ClFN. The molecule has 2 unspecified atom stereocenters. The zero-order valence-electron chi connectivity index (χ0n) is 10.3. The van der Waals surface area contributed by atoms with Gasteiger partial charge < -0.3 is 5.32 Å². The van der Waals surface area contributed by atoms with Gasteiger partial charge >= 0.3 is 0 Å². The minimum atomic E-state index is -0.261. The Bertz CT molecular complexity index is 364. The van der Waals surface area contributed by atoms with Crippen LogP contribution in [0.4, 0.5) is 10.1 Å². The molecule has 1 aliphatic carbocycles. The van der Waals surface area contributed by atoms with E-state index < -0.39 is 0 Å². The minimum absolute atomic E-state index is 0.261. The van der Waals surface area contributed by atoms with E-state index in [4.69, 9.17) is 11.6 Å². The summed E-state index contributed by atoms with van der Waals surface area (Å²) in [7, 11) is 0. The van der Waals surface area contributed by atoms with Crippen molar-refractivity contribution >= 4 is 17.3 Å². The summed E-state index contributed by atoms with van der Waals surface area (Å²) in [5.74, 6) is 1.13. The third-order valence-electron chi connectivity index (χ3n) is 3.49. The minimum Gasteiger partial charge on any atom is -0.379 e. The maximum Gasteiger partial charge on any atom is 0.147 e. The highest BCUT2D eigenvalue weighted by atomic mass is 35.5. The summed E-state index contributed by atoms with van der Waals surface area (Å²) in [6.07, 6.45) is 3.45. The van der Waals surface area contributed by atoms with Gasteiger partial charge in [0.1, 0.15) is 5.82 Å². The van der Waals surface area contributed by atoms with E-state index >= 15 is 0 Å². The Morgan fingerprint density at radius 1 is 1.18 bits per heavy atom. The second kappa shape index (κ2) is 5.26. The Hall–Kier alpha value is -0.760. The summed E-state index contributed by atoms with van der Waals surface area (Å²) in [4.78, 5) is 0. The Kier molecular flexibility index (Phi) is 3.93. The SMILES string of the molecule is CC1CC(C)CC(Nc2c(F)cccc2Cl)C1. The lowest BCUT2D eigenvalue weighted by atomic mass is 9.80. The molecule has 1 aromatic rings. The van der Waals surface area contributed by atoms with Gasteiger partial charge in [-0.05, 0) is 43.2 Å². The van der Waals surface area contributed by atoms with Crippen LogP contribution >= 0.6 is 11.6 Å². The summed E-state index contributed by atoms with van der Waals surface area (Å²) in [6, 6.07) is 5.14. The van der Waals surface area contributed by atoms with Gasteiger partial charge in [-0.3, -0.25) is 0 Å². The van der Waals surface area contributed by atoms with Crippen LogP contribution in [0.2, 0.25) is 5.02 Å². The van der Waals surface area contributed by atoms with E-state index in [1.54, 1.807) is 12.1 Å². The number of hydrogen-bond acceptors (Lipinski definition) is 1. The lowest BCUT2D eigenvalue weighted by Crippen LogP contribution is -2.30. The second-order valence-corrected chi connectivity index (χ2v) is 5.76. The molecule has 0 amide bonds. The molecule has 0 radical (unpaired) electrons. The van der Waals surface area contributed by atoms with Gasteiger partial charge in [-0.2, -0.15) is 0 Å². The first-order chi connectivity index (χ1) is 8.06. The van der Waals surface area contributed by atoms with Crippen molar-refractivity contribution in [2.75, 3.05) is 5.32 Å². The molecule has 1 fully saturated rings. The Morgan fingerprint density at radius 3 is 2.41 bits per heavy atom. The Morgan fingerprint density at radius 2 is 1.82 bits per heavy atom. The molecule has 0 spiro atoms. The van der Waals surface area contributed by atoms with Gasteiger partial charge in [0.25, 0.3) is 0 Å². The highest BCUT2D eigenvalue weighted by Crippen LogP contribution is 2.33. The zero-order valence-corrected chi connectivity index (χ0v) is 11.1. The number of para-hydroxylation sites is 1. The molecule has 94 valence electrons. The number of halogens is 2. The quantitative estimate of drug-likeness (QED) is 0.807. The van der Waals surface area contributed by atoms with Crippen LogP contribution in [0.1, 0.15) is 33.1 Å². The number of anilines is 1. The van der Waals surface area contributed by atoms with E-state index in [2.05, 4.69) is 19.2 Å². The van der Waals surface area contributed by atoms with E-state index in [9.17, 15) is 4.39 Å². The van der Waals surface area contributed by atoms with Crippen molar-refractivity contribution in [1.29, 1.82) is 0 Å². The largest absolute Gasteiger partial charge is 0.379 e. The molecule has 1 aliphatic rings. The molecule has 0 bridgehead atoms. The summed E-state index contributed by atoms with van der Waals surface area (Å²) in [5, 5.41) is 3.74. The van der Waals surface area contributed by atoms with Crippen LogP contribution in [-0.2, 0) is 0 Å². The average molecular weight is 256 g/mol. The molecule has 0 saturated heterocycles. The van der Waals surface area contributed by atoms with Crippen LogP contribution in [0.25, 0.3) is 0 Å². The topological polar surface area (TPSA) is 12.0 Å². The number of benzene rings is 1. The molecule has 1 saturated carbocycles. The Labute approximate surface area is 107 Å². The van der Waals surface area contributed by atoms with E-state index in [-0.39, 0.29) is 5.82 Å². The molecule has 2 atom stereocenters. The number of rotatable bonds is 2. The normalized spacial score (nSPS) is 29.1. The van der Waals surface area contributed by atoms with Crippen LogP contribution in [0, 0.1) is 17.7 Å². The third kappa shape index (κ3) is 3.12. The Balaban J connectivity index is 2.10. The van der Waals surface area contributed by atoms with Crippen LogP contribution in [0.15, 0.2) is 18.2 Å². The predicted octanol–water partition coefficient (Wildman–Crippen LogP) is 4.72. The third-order valence-corrected chi connectivity index (χ3v) is 3.80. The van der Waals surface area contributed by atoms with Gasteiger partial charge in [-0.15, -0.1) is 0 Å². The van der Waals surface area contributed by atoms with Gasteiger partial charge in [0.15, 0.2) is 0 Å². The lowest BCUT2D eigenvalue weighted by molar-refractivity contribution is 0.280. The van der Waals surface area contributed by atoms with Crippen molar-refractivity contribution in [3.63, 3.8) is 0 Å². The summed E-state index contributed by atoms with van der Waals surface area (Å²) in [5.41, 5.74) is 0.459. The van der Waals surface area contributed by atoms with Gasteiger partial charge in [0.05, 0.1) is 10.7 Å². The maximum atomic E-state index is 13.7. The van der Waals surface area contributed by atoms with Crippen molar-refractivity contribution in [3.8, 4) is 0 Å². The van der Waals surface area contributed by atoms with Gasteiger partial charge in [-0.25, -0.2) is 4.39 Å². The molecule has 1 nitrogen and oxygen atoms in total. The van der Waals surface area contributed by atoms with Crippen molar-refractivity contribution in [1.82, 2.24) is 0 Å². The summed E-state index contributed by atoms with van der Waals surface area (Å²) < 4.78 is 13.7. The first-order valence-corrected chi connectivity index (χ1v) is 6.64. The second-order valence-electron chi connectivity index (χ2n) is 5.36. The molecule has 0 heterocycles. The first kappa shape index (κ1) is 12.7. The van der Waals surface area contributed by atoms with Crippen molar-refractivity contribution < 1.29 is 4.39 Å². The maximum absolute atomic E-state index is 13.7. The fraction of sp³-hybridized carbons (Fsp3) is 0.571. The van der Waals surface area contributed by atoms with Crippen molar-refractivity contribution in [2.45, 2.75) is 39.2 Å².